The number of hydrogen-bond donors (Lipinski definition) is 1. The van der Waals surface area contributed by atoms with Crippen molar-refractivity contribution in [2.45, 2.75) is 19.1 Å². The molecule has 1 N–H and O–H groups in total. The maximum Gasteiger partial charge on any atom is 0.412 e. The van der Waals surface area contributed by atoms with Crippen molar-refractivity contribution in [3.63, 3.8) is 0 Å². The Hall–Kier alpha value is -1.98. The fraction of sp³-hybridized carbons (Fsp3) is 0.308. The van der Waals surface area contributed by atoms with Crippen molar-refractivity contribution in [3.05, 3.63) is 47.8 Å². The predicted molar refractivity (Wildman–Crippen MR) is 66.8 cm³/mol. The quantitative estimate of drug-likeness (QED) is 0.925. The summed E-state index contributed by atoms with van der Waals surface area (Å²) in [4.78, 5) is 0. The van der Waals surface area contributed by atoms with Crippen LogP contribution in [0.3, 0.4) is 0 Å². The Bertz CT molecular complexity index is 546. The molecule has 19 heavy (non-hydrogen) atoms. The Morgan fingerprint density at radius 1 is 1.21 bits per heavy atom. The highest BCUT2D eigenvalue weighted by Gasteiger charge is 2.41. The Kier molecular flexibility index (Phi) is 3.50. The number of nitrogens with one attached hydrogen (secondary N) is 1. The highest BCUT2D eigenvalue weighted by atomic mass is 19.4. The van der Waals surface area contributed by atoms with E-state index in [0.29, 0.717) is 11.4 Å². The van der Waals surface area contributed by atoms with Crippen LogP contribution in [0.25, 0.3) is 0 Å². The van der Waals surface area contributed by atoms with Crippen molar-refractivity contribution in [2.24, 2.45) is 7.05 Å². The maximum atomic E-state index is 13.1. The Labute approximate surface area is 109 Å². The van der Waals surface area contributed by atoms with E-state index in [1.54, 1.807) is 32.2 Å². The molecule has 0 bridgehead atoms. The van der Waals surface area contributed by atoms with Gasteiger partial charge in [0.1, 0.15) is 6.04 Å². The summed E-state index contributed by atoms with van der Waals surface area (Å²) in [6, 6.07) is 6.04. The minimum Gasteiger partial charge on any atom is -0.368 e. The van der Waals surface area contributed by atoms with Crippen LogP contribution in [0.5, 0.6) is 0 Å². The minimum atomic E-state index is -4.37. The van der Waals surface area contributed by atoms with E-state index >= 15 is 0 Å². The van der Waals surface area contributed by atoms with Gasteiger partial charge in [0.15, 0.2) is 0 Å². The predicted octanol–water partition coefficient (Wildman–Crippen LogP) is 3.44. The molecule has 0 saturated carbocycles. The third-order valence-corrected chi connectivity index (χ3v) is 2.77. The summed E-state index contributed by atoms with van der Waals surface area (Å²) in [5, 5.41) is 6.54. The standard InChI is InChI=1S/C13H14F3N3/c1-9-11(8-19(2)18-9)17-12(13(14,15)16)10-6-4-3-5-7-10/h3-8,12,17H,1-2H3. The first-order chi connectivity index (χ1) is 8.88. The fourth-order valence-corrected chi connectivity index (χ4v) is 1.90. The van der Waals surface area contributed by atoms with Crippen LogP contribution in [0.1, 0.15) is 17.3 Å². The van der Waals surface area contributed by atoms with Gasteiger partial charge in [0.05, 0.1) is 11.4 Å². The van der Waals surface area contributed by atoms with E-state index in [4.69, 9.17) is 0 Å². The molecule has 0 saturated heterocycles. The first kappa shape index (κ1) is 13.5. The van der Waals surface area contributed by atoms with Crippen molar-refractivity contribution in [2.75, 3.05) is 5.32 Å². The van der Waals surface area contributed by atoms with Gasteiger partial charge in [0, 0.05) is 13.2 Å². The van der Waals surface area contributed by atoms with E-state index in [9.17, 15) is 13.2 Å². The zero-order valence-electron chi connectivity index (χ0n) is 10.6. The average Bonchev–Trinajstić information content (AvgIpc) is 2.64. The van der Waals surface area contributed by atoms with Crippen molar-refractivity contribution in [3.8, 4) is 0 Å². The molecule has 6 heteroatoms. The molecule has 1 aromatic heterocycles. The molecule has 1 heterocycles. The second-order valence-electron chi connectivity index (χ2n) is 4.33. The van der Waals surface area contributed by atoms with Crippen LogP contribution in [0, 0.1) is 6.92 Å². The van der Waals surface area contributed by atoms with Crippen LogP contribution < -0.4 is 5.32 Å². The molecule has 3 nitrogen and oxygen atoms in total. The number of benzene rings is 1. The third kappa shape index (κ3) is 3.07. The SMILES string of the molecule is Cc1nn(C)cc1NC(c1ccccc1)C(F)(F)F. The Morgan fingerprint density at radius 3 is 2.32 bits per heavy atom. The summed E-state index contributed by atoms with van der Waals surface area (Å²) in [6.45, 7) is 1.67. The van der Waals surface area contributed by atoms with Crippen LogP contribution in [0.2, 0.25) is 0 Å². The molecular formula is C13H14F3N3. The number of rotatable bonds is 3. The number of nitrogens with zero attached hydrogens (tertiary/aromatic N) is 2. The topological polar surface area (TPSA) is 29.9 Å². The molecule has 0 amide bonds. The molecule has 0 spiro atoms. The van der Waals surface area contributed by atoms with Gasteiger partial charge in [-0.25, -0.2) is 0 Å². The summed E-state index contributed by atoms with van der Waals surface area (Å²) in [6.07, 6.45) is -2.83. The maximum absolute atomic E-state index is 13.1. The largest absolute Gasteiger partial charge is 0.412 e. The van der Waals surface area contributed by atoms with E-state index in [1.165, 1.54) is 23.0 Å². The van der Waals surface area contributed by atoms with E-state index in [-0.39, 0.29) is 5.56 Å². The van der Waals surface area contributed by atoms with Gasteiger partial charge >= 0.3 is 6.18 Å². The first-order valence-electron chi connectivity index (χ1n) is 5.76. The van der Waals surface area contributed by atoms with E-state index in [2.05, 4.69) is 10.4 Å². The van der Waals surface area contributed by atoms with Crippen molar-refractivity contribution in [1.29, 1.82) is 0 Å². The number of alkyl halides is 3. The molecule has 0 aliphatic rings. The van der Waals surface area contributed by atoms with Crippen LogP contribution in [0.4, 0.5) is 18.9 Å². The van der Waals surface area contributed by atoms with Gasteiger partial charge in [-0.15, -0.1) is 0 Å². The van der Waals surface area contributed by atoms with Gasteiger partial charge in [0.25, 0.3) is 0 Å². The molecule has 102 valence electrons. The lowest BCUT2D eigenvalue weighted by Gasteiger charge is -2.22. The Morgan fingerprint density at radius 2 is 1.84 bits per heavy atom. The molecule has 1 aromatic carbocycles. The van der Waals surface area contributed by atoms with E-state index in [0.717, 1.165) is 0 Å². The van der Waals surface area contributed by atoms with Gasteiger partial charge in [-0.2, -0.15) is 18.3 Å². The lowest BCUT2D eigenvalue weighted by Crippen LogP contribution is -2.28. The zero-order valence-corrected chi connectivity index (χ0v) is 10.6. The number of aryl methyl sites for hydroxylation is 2. The fourth-order valence-electron chi connectivity index (χ4n) is 1.90. The number of halogens is 3. The van der Waals surface area contributed by atoms with Crippen molar-refractivity contribution in [1.82, 2.24) is 9.78 Å². The molecular weight excluding hydrogens is 255 g/mol. The smallest absolute Gasteiger partial charge is 0.368 e. The lowest BCUT2D eigenvalue weighted by atomic mass is 10.1. The van der Waals surface area contributed by atoms with Gasteiger partial charge in [-0.3, -0.25) is 4.68 Å². The normalized spacial score (nSPS) is 13.3. The molecule has 0 radical (unpaired) electrons. The lowest BCUT2D eigenvalue weighted by molar-refractivity contribution is -0.144. The molecule has 0 aliphatic carbocycles. The molecule has 0 fully saturated rings. The minimum absolute atomic E-state index is 0.179. The first-order valence-corrected chi connectivity index (χ1v) is 5.76. The van der Waals surface area contributed by atoms with Crippen LogP contribution in [-0.4, -0.2) is 16.0 Å². The zero-order chi connectivity index (χ0) is 14.0. The third-order valence-electron chi connectivity index (χ3n) is 2.77. The monoisotopic (exact) mass is 269 g/mol. The molecule has 2 rings (SSSR count). The molecule has 0 aliphatic heterocycles. The van der Waals surface area contributed by atoms with Crippen molar-refractivity contribution < 1.29 is 13.2 Å². The van der Waals surface area contributed by atoms with Gasteiger partial charge in [-0.1, -0.05) is 30.3 Å². The van der Waals surface area contributed by atoms with Gasteiger partial charge in [-0.05, 0) is 12.5 Å². The highest BCUT2D eigenvalue weighted by Crippen LogP contribution is 2.35. The van der Waals surface area contributed by atoms with Gasteiger partial charge < -0.3 is 5.32 Å². The molecule has 1 atom stereocenters. The van der Waals surface area contributed by atoms with Crippen molar-refractivity contribution >= 4 is 5.69 Å². The number of aromatic nitrogens is 2. The average molecular weight is 269 g/mol. The van der Waals surface area contributed by atoms with Crippen LogP contribution in [-0.2, 0) is 7.05 Å². The molecule has 1 unspecified atom stereocenters. The summed E-state index contributed by atoms with van der Waals surface area (Å²) in [5.41, 5.74) is 1.10. The number of hydrogen-bond acceptors (Lipinski definition) is 2. The van der Waals surface area contributed by atoms with Crippen LogP contribution >= 0.6 is 0 Å². The second-order valence-corrected chi connectivity index (χ2v) is 4.33. The highest BCUT2D eigenvalue weighted by molar-refractivity contribution is 5.48. The van der Waals surface area contributed by atoms with Gasteiger partial charge in [0.2, 0.25) is 0 Å². The summed E-state index contributed by atoms with van der Waals surface area (Å²) >= 11 is 0. The van der Waals surface area contributed by atoms with E-state index < -0.39 is 12.2 Å². The summed E-state index contributed by atoms with van der Waals surface area (Å²) < 4.78 is 40.9. The summed E-state index contributed by atoms with van der Waals surface area (Å²) in [7, 11) is 1.67. The Balaban J connectivity index is 2.33. The van der Waals surface area contributed by atoms with E-state index in [1.807, 2.05) is 0 Å². The molecule has 2 aromatic rings. The van der Waals surface area contributed by atoms with Crippen LogP contribution in [0.15, 0.2) is 36.5 Å². The number of anilines is 1. The summed E-state index contributed by atoms with van der Waals surface area (Å²) in [5.74, 6) is 0. The second kappa shape index (κ2) is 4.95.